The van der Waals surface area contributed by atoms with Crippen molar-refractivity contribution in [2.24, 2.45) is 0 Å². The van der Waals surface area contributed by atoms with E-state index in [0.29, 0.717) is 21.5 Å². The van der Waals surface area contributed by atoms with Gasteiger partial charge in [0.25, 0.3) is 10.0 Å². The van der Waals surface area contributed by atoms with Crippen LogP contribution in [0.5, 0.6) is 0 Å². The molecule has 0 saturated heterocycles. The highest BCUT2D eigenvalue weighted by molar-refractivity contribution is 7.89. The van der Waals surface area contributed by atoms with Crippen LogP contribution in [0.1, 0.15) is 16.7 Å². The van der Waals surface area contributed by atoms with E-state index in [9.17, 15) is 8.42 Å². The Morgan fingerprint density at radius 1 is 0.821 bits per heavy atom. The second-order valence-electron chi connectivity index (χ2n) is 5.98. The lowest BCUT2D eigenvalue weighted by molar-refractivity contribution is 0.0791. The van der Waals surface area contributed by atoms with Crippen molar-refractivity contribution in [3.05, 3.63) is 98.5 Å². The molecule has 0 unspecified atom stereocenters. The largest absolute Gasteiger partial charge is 0.282 e. The van der Waals surface area contributed by atoms with Crippen LogP contribution >= 0.6 is 34.8 Å². The lowest BCUT2D eigenvalue weighted by atomic mass is 10.00. The van der Waals surface area contributed by atoms with Gasteiger partial charge in [-0.05, 0) is 53.1 Å². The normalized spacial score (nSPS) is 11.5. The maximum absolute atomic E-state index is 12.2. The van der Waals surface area contributed by atoms with Crippen molar-refractivity contribution in [2.75, 3.05) is 0 Å². The average Bonchev–Trinajstić information content (AvgIpc) is 2.67. The van der Waals surface area contributed by atoms with Crippen LogP contribution in [0.3, 0.4) is 0 Å². The van der Waals surface area contributed by atoms with E-state index in [0.717, 1.165) is 16.7 Å². The molecule has 0 aliphatic carbocycles. The molecular weight excluding hydrogens is 441 g/mol. The Bertz CT molecular complexity index is 1050. The molecular formula is C20H16Cl3NO3S. The summed E-state index contributed by atoms with van der Waals surface area (Å²) in [4.78, 5) is 7.53. The van der Waals surface area contributed by atoms with Gasteiger partial charge in [0.1, 0.15) is 0 Å². The van der Waals surface area contributed by atoms with E-state index in [1.165, 1.54) is 12.1 Å². The van der Waals surface area contributed by atoms with Crippen molar-refractivity contribution in [1.29, 1.82) is 0 Å². The van der Waals surface area contributed by atoms with Gasteiger partial charge in [-0.3, -0.25) is 4.84 Å². The third-order valence-corrected chi connectivity index (χ3v) is 6.22. The van der Waals surface area contributed by atoms with Crippen LogP contribution in [0.15, 0.2) is 71.6 Å². The standard InChI is InChI=1S/C20H16Cl3NO3S/c21-16-10-9-14(13-27-24-28(25,26)17-5-2-1-3-6-17)15(11-16)12-18-19(22)7-4-8-20(18)23/h1-11,24H,12-13H2. The van der Waals surface area contributed by atoms with Crippen LogP contribution in [-0.4, -0.2) is 8.42 Å². The maximum atomic E-state index is 12.2. The van der Waals surface area contributed by atoms with Crippen molar-refractivity contribution in [3.63, 3.8) is 0 Å². The highest BCUT2D eigenvalue weighted by Crippen LogP contribution is 2.29. The van der Waals surface area contributed by atoms with Gasteiger partial charge >= 0.3 is 0 Å². The Morgan fingerprint density at radius 3 is 2.18 bits per heavy atom. The quantitative estimate of drug-likeness (QED) is 0.468. The minimum Gasteiger partial charge on any atom is -0.282 e. The van der Waals surface area contributed by atoms with Gasteiger partial charge in [0.15, 0.2) is 0 Å². The lowest BCUT2D eigenvalue weighted by Crippen LogP contribution is -2.24. The Morgan fingerprint density at radius 2 is 1.50 bits per heavy atom. The molecule has 0 amide bonds. The molecule has 0 aromatic heterocycles. The number of hydrogen-bond donors (Lipinski definition) is 1. The predicted molar refractivity (Wildman–Crippen MR) is 112 cm³/mol. The SMILES string of the molecule is O=S(=O)(NOCc1ccc(Cl)cc1Cc1c(Cl)cccc1Cl)c1ccccc1. The Kier molecular flexibility index (Phi) is 6.99. The van der Waals surface area contributed by atoms with Gasteiger partial charge < -0.3 is 0 Å². The fraction of sp³-hybridized carbons (Fsp3) is 0.100. The average molecular weight is 457 g/mol. The Labute approximate surface area is 179 Å². The molecule has 3 aromatic carbocycles. The second kappa shape index (κ2) is 9.27. The Hall–Kier alpha value is -1.60. The van der Waals surface area contributed by atoms with E-state index < -0.39 is 10.0 Å². The smallest absolute Gasteiger partial charge is 0.262 e. The monoisotopic (exact) mass is 455 g/mol. The molecule has 146 valence electrons. The first-order valence-electron chi connectivity index (χ1n) is 8.25. The van der Waals surface area contributed by atoms with Gasteiger partial charge in [0.2, 0.25) is 0 Å². The predicted octanol–water partition coefficient (Wildman–Crippen LogP) is 5.65. The molecule has 0 heterocycles. The summed E-state index contributed by atoms with van der Waals surface area (Å²) in [5, 5.41) is 1.64. The lowest BCUT2D eigenvalue weighted by Gasteiger charge is -2.13. The first-order chi connectivity index (χ1) is 13.4. The number of benzene rings is 3. The van der Waals surface area contributed by atoms with Crippen molar-refractivity contribution in [2.45, 2.75) is 17.9 Å². The molecule has 0 radical (unpaired) electrons. The summed E-state index contributed by atoms with van der Waals surface area (Å²) in [5.74, 6) is 0. The zero-order chi connectivity index (χ0) is 20.1. The number of nitrogens with one attached hydrogen (secondary N) is 1. The van der Waals surface area contributed by atoms with E-state index in [-0.39, 0.29) is 11.5 Å². The summed E-state index contributed by atoms with van der Waals surface area (Å²) < 4.78 is 24.5. The topological polar surface area (TPSA) is 55.4 Å². The van der Waals surface area contributed by atoms with Crippen LogP contribution in [0.2, 0.25) is 15.1 Å². The highest BCUT2D eigenvalue weighted by Gasteiger charge is 2.15. The third kappa shape index (κ3) is 5.26. The minimum atomic E-state index is -3.76. The number of sulfonamides is 1. The van der Waals surface area contributed by atoms with Crippen LogP contribution in [0.4, 0.5) is 0 Å². The molecule has 3 rings (SSSR count). The molecule has 4 nitrogen and oxygen atoms in total. The molecule has 0 fully saturated rings. The van der Waals surface area contributed by atoms with Crippen molar-refractivity contribution >= 4 is 44.8 Å². The number of hydrogen-bond acceptors (Lipinski definition) is 3. The van der Waals surface area contributed by atoms with Gasteiger partial charge in [-0.25, -0.2) is 8.42 Å². The summed E-state index contributed by atoms with van der Waals surface area (Å²) in [5.41, 5.74) is 2.36. The molecule has 0 saturated carbocycles. The van der Waals surface area contributed by atoms with E-state index in [1.54, 1.807) is 54.6 Å². The fourth-order valence-electron chi connectivity index (χ4n) is 2.62. The second-order valence-corrected chi connectivity index (χ2v) is 8.87. The molecule has 3 aromatic rings. The maximum Gasteiger partial charge on any atom is 0.262 e. The summed E-state index contributed by atoms with van der Waals surface area (Å²) in [6.45, 7) is 0.0145. The summed E-state index contributed by atoms with van der Waals surface area (Å²) in [6.07, 6.45) is 0.434. The van der Waals surface area contributed by atoms with Crippen LogP contribution in [0.25, 0.3) is 0 Å². The van der Waals surface area contributed by atoms with Gasteiger partial charge in [-0.2, -0.15) is 0 Å². The van der Waals surface area contributed by atoms with Crippen LogP contribution in [-0.2, 0) is 27.9 Å². The molecule has 0 aliphatic heterocycles. The van der Waals surface area contributed by atoms with Crippen molar-refractivity contribution in [1.82, 2.24) is 4.89 Å². The zero-order valence-electron chi connectivity index (χ0n) is 14.5. The molecule has 0 spiro atoms. The van der Waals surface area contributed by atoms with Crippen LogP contribution in [0, 0.1) is 0 Å². The van der Waals surface area contributed by atoms with Gasteiger partial charge in [0, 0.05) is 21.5 Å². The van der Waals surface area contributed by atoms with Crippen molar-refractivity contribution < 1.29 is 13.3 Å². The first kappa shape index (κ1) is 21.1. The Balaban J connectivity index is 1.76. The van der Waals surface area contributed by atoms with E-state index >= 15 is 0 Å². The fourth-order valence-corrected chi connectivity index (χ4v) is 4.18. The number of rotatable bonds is 7. The van der Waals surface area contributed by atoms with Gasteiger partial charge in [-0.1, -0.05) is 70.0 Å². The molecule has 0 atom stereocenters. The summed E-state index contributed by atoms with van der Waals surface area (Å²) in [6, 6.07) is 18.5. The molecule has 0 aliphatic rings. The third-order valence-electron chi connectivity index (χ3n) is 4.05. The zero-order valence-corrected chi connectivity index (χ0v) is 17.6. The molecule has 28 heavy (non-hydrogen) atoms. The first-order valence-corrected chi connectivity index (χ1v) is 10.9. The van der Waals surface area contributed by atoms with Gasteiger partial charge in [-0.15, -0.1) is 0 Å². The molecule has 8 heteroatoms. The molecule has 1 N–H and O–H groups in total. The summed E-state index contributed by atoms with van der Waals surface area (Å²) >= 11 is 18.7. The highest BCUT2D eigenvalue weighted by atomic mass is 35.5. The van der Waals surface area contributed by atoms with E-state index in [4.69, 9.17) is 39.6 Å². The molecule has 0 bridgehead atoms. The number of halogens is 3. The van der Waals surface area contributed by atoms with E-state index in [1.807, 2.05) is 0 Å². The van der Waals surface area contributed by atoms with Gasteiger partial charge in [0.05, 0.1) is 11.5 Å². The summed E-state index contributed by atoms with van der Waals surface area (Å²) in [7, 11) is -3.76. The van der Waals surface area contributed by atoms with E-state index in [2.05, 4.69) is 4.89 Å². The van der Waals surface area contributed by atoms with Crippen molar-refractivity contribution in [3.8, 4) is 0 Å². The van der Waals surface area contributed by atoms with Crippen LogP contribution < -0.4 is 4.89 Å². The minimum absolute atomic E-state index is 0.0145.